The highest BCUT2D eigenvalue weighted by Gasteiger charge is 2.32. The lowest BCUT2D eigenvalue weighted by Gasteiger charge is -2.17. The van der Waals surface area contributed by atoms with Crippen LogP contribution in [0.1, 0.15) is 197 Å². The third kappa shape index (κ3) is 62.8. The fourth-order valence-electron chi connectivity index (χ4n) is 9.36. The van der Waals surface area contributed by atoms with Gasteiger partial charge in [-0.15, -0.1) is 0 Å². The fraction of sp³-hybridized carbons (Fsp3) is 0.578. The van der Waals surface area contributed by atoms with Crippen LogP contribution in [0, 0.1) is 0 Å². The SMILES string of the molecule is C.CC(O)C(=O)OC(C)C(=O)OCCCCCCOC(=O)C(C)OC(=O)C(C)O.CC(OC(=O)CCC(=O)OCc1ccccc1)C(=O)OC(C)C(=O)OCCCCCCOC(=O)C(C)OC(=O)C(C)OC(=O)CNC(=O)OCc1ccccc1.CC(OC(=O)CN)C(=O)OC(C)C(=O)OCCCCCCOC(=O)C(C)OC(=O)C(C)OC(=O)CN.O=C(O)CNC(=O)OCc1ccccc1. The zero-order chi connectivity index (χ0) is 102. The summed E-state index contributed by atoms with van der Waals surface area (Å²) in [7, 11) is 0. The van der Waals surface area contributed by atoms with Crippen LogP contribution >= 0.6 is 0 Å². The Bertz CT molecular complexity index is 3930. The van der Waals surface area contributed by atoms with E-state index in [2.05, 4.69) is 10.6 Å². The Labute approximate surface area is 786 Å². The number of nitrogens with one attached hydrogen (secondary N) is 2. The van der Waals surface area contributed by atoms with Gasteiger partial charge < -0.3 is 127 Å². The zero-order valence-electron chi connectivity index (χ0n) is 77.6. The lowest BCUT2D eigenvalue weighted by Crippen LogP contribution is -2.36. The molecule has 0 saturated heterocycles. The van der Waals surface area contributed by atoms with Gasteiger partial charge in [0, 0.05) is 0 Å². The van der Waals surface area contributed by atoms with Crippen molar-refractivity contribution in [3.8, 4) is 0 Å². The van der Waals surface area contributed by atoms with Crippen molar-refractivity contribution in [1.82, 2.24) is 10.6 Å². The highest BCUT2D eigenvalue weighted by Crippen LogP contribution is 2.14. The van der Waals surface area contributed by atoms with Crippen LogP contribution in [-0.2, 0) is 196 Å². The number of aliphatic hydroxyl groups is 2. The first-order valence-electron chi connectivity index (χ1n) is 43.0. The van der Waals surface area contributed by atoms with E-state index < -0.39 is 206 Å². The molecule has 0 aliphatic heterocycles. The van der Waals surface area contributed by atoms with Crippen LogP contribution in [0.15, 0.2) is 91.0 Å². The molecule has 0 saturated carbocycles. The van der Waals surface area contributed by atoms with Crippen LogP contribution in [0.25, 0.3) is 0 Å². The Hall–Kier alpha value is -13.5. The number of amides is 2. The van der Waals surface area contributed by atoms with Crippen LogP contribution < -0.4 is 22.1 Å². The fourth-order valence-corrected chi connectivity index (χ4v) is 9.36. The second-order valence-corrected chi connectivity index (χ2v) is 28.9. The first-order valence-corrected chi connectivity index (χ1v) is 43.0. The Morgan fingerprint density at radius 2 is 0.471 bits per heavy atom. The molecule has 762 valence electrons. The number of ether oxygens (including phenoxy) is 19. The molecule has 2 amide bonds. The number of carboxylic acids is 1. The number of nitrogens with two attached hydrogens (primary N) is 2. The van der Waals surface area contributed by atoms with Gasteiger partial charge in [0.2, 0.25) is 0 Å². The van der Waals surface area contributed by atoms with Gasteiger partial charge in [0.15, 0.2) is 61.0 Å². The normalized spacial score (nSPS) is 13.0. The third-order valence-electron chi connectivity index (χ3n) is 16.9. The molecule has 3 aromatic carbocycles. The molecule has 0 aliphatic carbocycles. The minimum absolute atomic E-state index is 0. The lowest BCUT2D eigenvalue weighted by atomic mass is 10.2. The number of benzene rings is 3. The summed E-state index contributed by atoms with van der Waals surface area (Å²) in [5, 5.41) is 30.6. The topological polar surface area (TPSA) is 654 Å². The highest BCUT2D eigenvalue weighted by molar-refractivity contribution is 5.88. The molecule has 0 aromatic heterocycles. The number of carbonyl (C=O) groups is 20. The van der Waals surface area contributed by atoms with Crippen LogP contribution in [0.2, 0.25) is 0 Å². The van der Waals surface area contributed by atoms with E-state index in [1.165, 1.54) is 83.1 Å². The molecule has 46 nitrogen and oxygen atoms in total. The minimum Gasteiger partial charge on any atom is -0.480 e. The summed E-state index contributed by atoms with van der Waals surface area (Å²) in [6.45, 7) is 14.6. The van der Waals surface area contributed by atoms with Crippen molar-refractivity contribution in [3.63, 3.8) is 0 Å². The molecule has 0 fully saturated rings. The van der Waals surface area contributed by atoms with Crippen molar-refractivity contribution >= 4 is 120 Å². The minimum atomic E-state index is -1.36. The first-order chi connectivity index (χ1) is 63.9. The average Bonchev–Trinajstić information content (AvgIpc) is 0.905. The third-order valence-corrected chi connectivity index (χ3v) is 16.9. The van der Waals surface area contributed by atoms with Gasteiger partial charge >= 0.3 is 120 Å². The maximum absolute atomic E-state index is 12.3. The van der Waals surface area contributed by atoms with Gasteiger partial charge in [0.05, 0.1) is 65.6 Å². The maximum Gasteiger partial charge on any atom is 0.407 e. The molecular weight excluding hydrogens is 1810 g/mol. The van der Waals surface area contributed by atoms with Gasteiger partial charge in [-0.25, -0.2) is 67.1 Å². The summed E-state index contributed by atoms with van der Waals surface area (Å²) in [6, 6.07) is 27.0. The van der Waals surface area contributed by atoms with E-state index >= 15 is 0 Å². The molecule has 0 bridgehead atoms. The molecule has 12 atom stereocenters. The Morgan fingerprint density at radius 3 is 0.713 bits per heavy atom. The van der Waals surface area contributed by atoms with Gasteiger partial charge in [-0.3, -0.25) is 28.8 Å². The predicted octanol–water partition coefficient (Wildman–Crippen LogP) is 4.98. The molecule has 46 heteroatoms. The van der Waals surface area contributed by atoms with E-state index in [0.717, 1.165) is 29.5 Å². The Morgan fingerprint density at radius 1 is 0.257 bits per heavy atom. The smallest absolute Gasteiger partial charge is 0.407 e. The summed E-state index contributed by atoms with van der Waals surface area (Å²) < 4.78 is 93.6. The van der Waals surface area contributed by atoms with Gasteiger partial charge in [-0.1, -0.05) is 98.4 Å². The van der Waals surface area contributed by atoms with Crippen LogP contribution in [0.3, 0.4) is 0 Å². The van der Waals surface area contributed by atoms with Crippen molar-refractivity contribution in [1.29, 1.82) is 0 Å². The molecule has 3 rings (SSSR count). The second kappa shape index (κ2) is 73.9. The van der Waals surface area contributed by atoms with Crippen molar-refractivity contribution in [2.24, 2.45) is 11.5 Å². The van der Waals surface area contributed by atoms with Gasteiger partial charge in [-0.05, 0) is 177 Å². The number of hydrogen-bond donors (Lipinski definition) is 7. The van der Waals surface area contributed by atoms with Crippen LogP contribution in [-0.4, -0.2) is 274 Å². The van der Waals surface area contributed by atoms with E-state index in [1.807, 2.05) is 42.5 Å². The van der Waals surface area contributed by atoms with E-state index in [4.69, 9.17) is 117 Å². The first kappa shape index (κ1) is 125. The van der Waals surface area contributed by atoms with Gasteiger partial charge in [-0.2, -0.15) is 0 Å². The molecule has 136 heavy (non-hydrogen) atoms. The number of carbonyl (C=O) groups excluding carboxylic acids is 19. The monoisotopic (exact) mass is 1940 g/mol. The van der Waals surface area contributed by atoms with E-state index in [0.29, 0.717) is 64.2 Å². The number of rotatable bonds is 58. The van der Waals surface area contributed by atoms with Gasteiger partial charge in [0.1, 0.15) is 45.1 Å². The summed E-state index contributed by atoms with van der Waals surface area (Å²) in [5.41, 5.74) is 12.6. The molecule has 0 heterocycles. The Kier molecular flexibility index (Phi) is 67.7. The number of aliphatic carboxylic acids is 1. The molecule has 0 aliphatic rings. The maximum atomic E-state index is 12.3. The Balaban J connectivity index is 0. The van der Waals surface area contributed by atoms with Crippen molar-refractivity contribution < 1.29 is 201 Å². The molecule has 0 radical (unpaired) electrons. The van der Waals surface area contributed by atoms with Crippen molar-refractivity contribution in [2.45, 2.75) is 273 Å². The highest BCUT2D eigenvalue weighted by atomic mass is 16.7. The molecule has 9 N–H and O–H groups in total. The number of esters is 17. The van der Waals surface area contributed by atoms with Crippen molar-refractivity contribution in [2.75, 3.05) is 65.8 Å². The van der Waals surface area contributed by atoms with E-state index in [-0.39, 0.29) is 92.8 Å². The quantitative estimate of drug-likeness (QED) is 0.0222. The summed E-state index contributed by atoms with van der Waals surface area (Å²) in [6.07, 6.45) is -9.77. The summed E-state index contributed by atoms with van der Waals surface area (Å²) in [4.78, 5) is 233. The number of aliphatic hydroxyl groups excluding tert-OH is 2. The number of unbranched alkanes of at least 4 members (excludes halogenated alkanes) is 9. The van der Waals surface area contributed by atoms with Crippen LogP contribution in [0.5, 0.6) is 0 Å². The van der Waals surface area contributed by atoms with E-state index in [1.54, 1.807) is 48.5 Å². The molecular formula is C90H130N4O42. The average molecular weight is 1940 g/mol. The second-order valence-electron chi connectivity index (χ2n) is 28.9. The zero-order valence-corrected chi connectivity index (χ0v) is 77.6. The lowest BCUT2D eigenvalue weighted by molar-refractivity contribution is -0.177. The largest absolute Gasteiger partial charge is 0.480 e. The van der Waals surface area contributed by atoms with E-state index in [9.17, 15) is 95.9 Å². The summed E-state index contributed by atoms with van der Waals surface area (Å²) in [5.74, 6) is -15.0. The predicted molar refractivity (Wildman–Crippen MR) is 467 cm³/mol. The molecule has 0 spiro atoms. The molecule has 12 unspecified atom stereocenters. The number of alkyl carbamates (subject to hydrolysis) is 2. The standard InChI is InChI=1S/C39H49NO16.C22H36N2O12.C18H30O10.C10H11NO4.CH4/c1-26(55-37(46)28(3)53-33(42)20-19-32(41)51-24-30-15-9-7-10-16-30)35(44)49-21-13-5-6-14-22-50-36(45)27(2)56-38(47)29(4)54-34(43)23-40-39(48)52-25-31-17-11-8-12-18-31;1-13(35-21(29)15(3)33-17(25)11-23)19(27)31-9-7-5-6-8-10-32-20(28)14(2)36-22(30)16(4)34-18(26)12-24;1-11(19)15(21)27-13(3)17(23)25-9-7-5-6-8-10-26-18(24)14(4)28-16(22)12(2)20;12-9(13)6-11-10(14)15-7-8-4-2-1-3-5-8;/h7-12,15-18,26-29H,5-6,13-14,19-25H2,1-4H3,(H,40,48);13-16H,5-12,23-24H2,1-4H3;11-14,19-20H,5-10H2,1-4H3;1-5H,6-7H2,(H,11,14)(H,12,13);1H4. The number of carboxylic acid groups (broad SMARTS) is 1. The molecule has 3 aromatic rings. The van der Waals surface area contributed by atoms with Gasteiger partial charge in [0.25, 0.3) is 0 Å². The van der Waals surface area contributed by atoms with Crippen molar-refractivity contribution in [3.05, 3.63) is 108 Å². The summed E-state index contributed by atoms with van der Waals surface area (Å²) >= 11 is 0. The van der Waals surface area contributed by atoms with Crippen LogP contribution in [0.4, 0.5) is 9.59 Å². The number of hydrogen-bond acceptors (Lipinski definition) is 43.